The van der Waals surface area contributed by atoms with E-state index in [1.165, 1.54) is 35.7 Å². The Bertz CT molecular complexity index is 951. The van der Waals surface area contributed by atoms with Crippen LogP contribution in [0.1, 0.15) is 68.8 Å². The summed E-state index contributed by atoms with van der Waals surface area (Å²) in [5.41, 5.74) is 4.50. The summed E-state index contributed by atoms with van der Waals surface area (Å²) in [6, 6.07) is 9.44. The number of fused-ring (bicyclic) bond motifs is 1. The van der Waals surface area contributed by atoms with E-state index >= 15 is 0 Å². The minimum atomic E-state index is -0.914. The molecule has 0 bridgehead atoms. The van der Waals surface area contributed by atoms with Gasteiger partial charge in [-0.2, -0.15) is 0 Å². The molecule has 6 heteroatoms. The number of nitrogens with one attached hydrogen (secondary N) is 2. The van der Waals surface area contributed by atoms with E-state index in [0.29, 0.717) is 5.56 Å². The molecule has 0 aromatic heterocycles. The summed E-state index contributed by atoms with van der Waals surface area (Å²) < 4.78 is 27.2. The van der Waals surface area contributed by atoms with Crippen molar-refractivity contribution >= 4 is 5.91 Å². The van der Waals surface area contributed by atoms with Crippen LogP contribution in [0.3, 0.4) is 0 Å². The summed E-state index contributed by atoms with van der Waals surface area (Å²) in [6.07, 6.45) is 3.29. The fraction of sp³-hybridized carbons (Fsp3) is 0.519. The van der Waals surface area contributed by atoms with Gasteiger partial charge >= 0.3 is 0 Å². The minimum Gasteiger partial charge on any atom is -0.390 e. The Kier molecular flexibility index (Phi) is 8.24. The number of amides is 1. The average Bonchev–Trinajstić information content (AvgIpc) is 2.69. The SMILES string of the molecule is CC(=O)N[C@@H](Cc1cc(F)cc(F)c1)C(O)CNC1CCCc2ccc(CC(C)(C)C)cc21. The standard InChI is InChI=1S/C27H36F2N2O2/c1-17(32)31-25(13-19-10-21(28)14-22(29)11-19)26(33)16-30-24-7-5-6-20-9-8-18(12-23(20)24)15-27(2,3)4/h8-12,14,24-26,30,33H,5-7,13,15-16H2,1-4H3,(H,31,32)/t24?,25-,26?/m0/s1. The molecule has 0 saturated carbocycles. The average molecular weight is 459 g/mol. The summed E-state index contributed by atoms with van der Waals surface area (Å²) in [5.74, 6) is -1.65. The molecular weight excluding hydrogens is 422 g/mol. The van der Waals surface area contributed by atoms with Gasteiger partial charge in [-0.3, -0.25) is 4.79 Å². The van der Waals surface area contributed by atoms with Gasteiger partial charge in [0.2, 0.25) is 5.91 Å². The van der Waals surface area contributed by atoms with Crippen LogP contribution in [0.4, 0.5) is 8.78 Å². The smallest absolute Gasteiger partial charge is 0.217 e. The summed E-state index contributed by atoms with van der Waals surface area (Å²) >= 11 is 0. The van der Waals surface area contributed by atoms with E-state index in [-0.39, 0.29) is 30.3 Å². The Hall–Kier alpha value is -2.31. The van der Waals surface area contributed by atoms with Crippen LogP contribution in [0.2, 0.25) is 0 Å². The molecule has 0 aliphatic heterocycles. The number of aryl methyl sites for hydroxylation is 1. The highest BCUT2D eigenvalue weighted by molar-refractivity contribution is 5.73. The fourth-order valence-electron chi connectivity index (χ4n) is 4.72. The predicted molar refractivity (Wildman–Crippen MR) is 127 cm³/mol. The number of hydrogen-bond donors (Lipinski definition) is 3. The molecule has 3 N–H and O–H groups in total. The molecule has 0 heterocycles. The van der Waals surface area contributed by atoms with Crippen molar-refractivity contribution < 1.29 is 18.7 Å². The monoisotopic (exact) mass is 458 g/mol. The Balaban J connectivity index is 1.70. The molecule has 0 radical (unpaired) electrons. The van der Waals surface area contributed by atoms with Gasteiger partial charge in [0.05, 0.1) is 12.1 Å². The van der Waals surface area contributed by atoms with Crippen LogP contribution in [-0.2, 0) is 24.1 Å². The lowest BCUT2D eigenvalue weighted by atomic mass is 9.82. The van der Waals surface area contributed by atoms with Gasteiger partial charge in [0.15, 0.2) is 0 Å². The van der Waals surface area contributed by atoms with E-state index < -0.39 is 23.8 Å². The van der Waals surface area contributed by atoms with Crippen LogP contribution >= 0.6 is 0 Å². The van der Waals surface area contributed by atoms with E-state index in [1.54, 1.807) is 0 Å². The summed E-state index contributed by atoms with van der Waals surface area (Å²) in [5, 5.41) is 17.1. The molecule has 180 valence electrons. The molecule has 3 atom stereocenters. The van der Waals surface area contributed by atoms with Gasteiger partial charge in [-0.25, -0.2) is 8.78 Å². The van der Waals surface area contributed by atoms with Crippen molar-refractivity contribution in [3.8, 4) is 0 Å². The number of aliphatic hydroxyl groups excluding tert-OH is 1. The zero-order chi connectivity index (χ0) is 24.2. The van der Waals surface area contributed by atoms with Gasteiger partial charge in [0.25, 0.3) is 0 Å². The Morgan fingerprint density at radius 1 is 1.12 bits per heavy atom. The van der Waals surface area contributed by atoms with Crippen molar-refractivity contribution in [3.63, 3.8) is 0 Å². The molecule has 33 heavy (non-hydrogen) atoms. The van der Waals surface area contributed by atoms with Gasteiger partial charge in [-0.15, -0.1) is 0 Å². The van der Waals surface area contributed by atoms with Gasteiger partial charge in [0.1, 0.15) is 11.6 Å². The van der Waals surface area contributed by atoms with Crippen LogP contribution in [0.25, 0.3) is 0 Å². The van der Waals surface area contributed by atoms with E-state index in [4.69, 9.17) is 0 Å². The normalized spacial score (nSPS) is 17.8. The van der Waals surface area contributed by atoms with Crippen LogP contribution in [0.5, 0.6) is 0 Å². The number of rotatable bonds is 8. The third kappa shape index (κ3) is 7.61. The molecule has 0 fully saturated rings. The van der Waals surface area contributed by atoms with Crippen molar-refractivity contribution in [3.05, 3.63) is 70.3 Å². The summed E-state index contributed by atoms with van der Waals surface area (Å²) in [4.78, 5) is 11.7. The van der Waals surface area contributed by atoms with Crippen molar-refractivity contribution in [1.82, 2.24) is 10.6 Å². The summed E-state index contributed by atoms with van der Waals surface area (Å²) in [7, 11) is 0. The van der Waals surface area contributed by atoms with Crippen molar-refractivity contribution in [1.29, 1.82) is 0 Å². The Morgan fingerprint density at radius 2 is 1.82 bits per heavy atom. The zero-order valence-electron chi connectivity index (χ0n) is 20.1. The maximum Gasteiger partial charge on any atom is 0.217 e. The number of carbonyl (C=O) groups excluding carboxylic acids is 1. The Morgan fingerprint density at radius 3 is 2.45 bits per heavy atom. The lowest BCUT2D eigenvalue weighted by Gasteiger charge is -2.31. The molecule has 2 unspecified atom stereocenters. The second-order valence-corrected chi connectivity index (χ2v) is 10.5. The van der Waals surface area contributed by atoms with E-state index in [9.17, 15) is 18.7 Å². The molecule has 1 amide bonds. The van der Waals surface area contributed by atoms with Crippen LogP contribution in [0, 0.1) is 17.0 Å². The lowest BCUT2D eigenvalue weighted by Crippen LogP contribution is -2.48. The molecule has 3 rings (SSSR count). The molecule has 0 saturated heterocycles. The topological polar surface area (TPSA) is 61.4 Å². The highest BCUT2D eigenvalue weighted by atomic mass is 19.1. The third-order valence-corrected chi connectivity index (χ3v) is 6.06. The predicted octanol–water partition coefficient (Wildman–Crippen LogP) is 4.63. The number of carbonyl (C=O) groups is 1. The van der Waals surface area contributed by atoms with Crippen LogP contribution < -0.4 is 10.6 Å². The maximum absolute atomic E-state index is 13.6. The van der Waals surface area contributed by atoms with Crippen LogP contribution in [0.15, 0.2) is 36.4 Å². The van der Waals surface area contributed by atoms with Gasteiger partial charge in [-0.05, 0) is 71.9 Å². The van der Waals surface area contributed by atoms with Gasteiger partial charge in [0, 0.05) is 25.6 Å². The van der Waals surface area contributed by atoms with Crippen LogP contribution in [-0.4, -0.2) is 29.7 Å². The summed E-state index contributed by atoms with van der Waals surface area (Å²) in [6.45, 7) is 8.31. The second-order valence-electron chi connectivity index (χ2n) is 10.5. The first-order valence-electron chi connectivity index (χ1n) is 11.8. The number of benzene rings is 2. The number of aliphatic hydroxyl groups is 1. The molecular formula is C27H36F2N2O2. The van der Waals surface area contributed by atoms with Crippen molar-refractivity contribution in [2.75, 3.05) is 6.54 Å². The molecule has 2 aromatic rings. The van der Waals surface area contributed by atoms with Gasteiger partial charge < -0.3 is 15.7 Å². The fourth-order valence-corrected chi connectivity index (χ4v) is 4.72. The maximum atomic E-state index is 13.6. The minimum absolute atomic E-state index is 0.118. The first-order chi connectivity index (χ1) is 15.5. The molecule has 2 aromatic carbocycles. The van der Waals surface area contributed by atoms with E-state index in [1.807, 2.05) is 0 Å². The van der Waals surface area contributed by atoms with Crippen molar-refractivity contribution in [2.24, 2.45) is 5.41 Å². The largest absolute Gasteiger partial charge is 0.390 e. The molecule has 1 aliphatic carbocycles. The lowest BCUT2D eigenvalue weighted by molar-refractivity contribution is -0.120. The molecule has 4 nitrogen and oxygen atoms in total. The number of hydrogen-bond acceptors (Lipinski definition) is 3. The highest BCUT2D eigenvalue weighted by Gasteiger charge is 2.25. The third-order valence-electron chi connectivity index (χ3n) is 6.06. The number of halogens is 2. The quantitative estimate of drug-likeness (QED) is 0.541. The van der Waals surface area contributed by atoms with E-state index in [0.717, 1.165) is 31.7 Å². The van der Waals surface area contributed by atoms with E-state index in [2.05, 4.69) is 49.6 Å². The van der Waals surface area contributed by atoms with Gasteiger partial charge in [-0.1, -0.05) is 39.0 Å². The molecule has 1 aliphatic rings. The zero-order valence-corrected chi connectivity index (χ0v) is 20.1. The first-order valence-corrected chi connectivity index (χ1v) is 11.8. The Labute approximate surface area is 195 Å². The molecule has 0 spiro atoms. The second kappa shape index (κ2) is 10.7. The highest BCUT2D eigenvalue weighted by Crippen LogP contribution is 2.32. The first kappa shape index (κ1) is 25.3. The van der Waals surface area contributed by atoms with Crippen molar-refractivity contribution in [2.45, 2.75) is 78.0 Å².